The van der Waals surface area contributed by atoms with Crippen LogP contribution >= 0.6 is 0 Å². The second-order valence-electron chi connectivity index (χ2n) is 7.73. The first-order chi connectivity index (χ1) is 15.0. The SMILES string of the molecule is COc1cccnc1C(=O)Nc1cccc([C@@]2(C)N=C(N)N(C)C(=O)C2(C)C)c1.O=CO. The Morgan fingerprint density at radius 1 is 1.25 bits per heavy atom. The molecule has 1 aliphatic heterocycles. The number of hydrogen-bond acceptors (Lipinski definition) is 7. The molecule has 10 heteroatoms. The van der Waals surface area contributed by atoms with Gasteiger partial charge in [0.2, 0.25) is 5.91 Å². The standard InChI is InChI=1S/C21H25N5O3.CH2O2/c1-20(2)18(28)26(4)19(22)25-21(20,3)13-8-6-9-14(12-13)24-17(27)16-15(29-5)10-7-11-23-16;2-1-3/h6-12H,1-5H3,(H2,22,25)(H,24,27);1H,(H,2,3)/t21-;/m1./s1. The predicted octanol–water partition coefficient (Wildman–Crippen LogP) is 2.07. The number of pyridine rings is 1. The van der Waals surface area contributed by atoms with Crippen LogP contribution in [-0.2, 0) is 15.1 Å². The summed E-state index contributed by atoms with van der Waals surface area (Å²) in [4.78, 5) is 44.0. The molecule has 0 saturated heterocycles. The average molecular weight is 441 g/mol. The Kier molecular flexibility index (Phi) is 7.19. The van der Waals surface area contributed by atoms with Crippen molar-refractivity contribution in [3.63, 3.8) is 0 Å². The van der Waals surface area contributed by atoms with Gasteiger partial charge in [0.05, 0.1) is 12.5 Å². The van der Waals surface area contributed by atoms with Crippen LogP contribution in [0.3, 0.4) is 0 Å². The first-order valence-corrected chi connectivity index (χ1v) is 9.65. The number of methoxy groups -OCH3 is 1. The summed E-state index contributed by atoms with van der Waals surface area (Å²) in [6.45, 7) is 5.30. The third kappa shape index (κ3) is 4.39. The van der Waals surface area contributed by atoms with Gasteiger partial charge < -0.3 is 20.9 Å². The lowest BCUT2D eigenvalue weighted by molar-refractivity contribution is -0.140. The monoisotopic (exact) mass is 441 g/mol. The van der Waals surface area contributed by atoms with Gasteiger partial charge in [0.25, 0.3) is 12.4 Å². The van der Waals surface area contributed by atoms with E-state index < -0.39 is 16.9 Å². The molecule has 1 aromatic heterocycles. The zero-order valence-corrected chi connectivity index (χ0v) is 18.6. The van der Waals surface area contributed by atoms with E-state index in [4.69, 9.17) is 20.4 Å². The van der Waals surface area contributed by atoms with Crippen LogP contribution in [0.15, 0.2) is 47.6 Å². The summed E-state index contributed by atoms with van der Waals surface area (Å²) in [5, 5.41) is 9.72. The molecular weight excluding hydrogens is 414 g/mol. The van der Waals surface area contributed by atoms with E-state index in [9.17, 15) is 9.59 Å². The first kappa shape index (κ1) is 24.3. The summed E-state index contributed by atoms with van der Waals surface area (Å²) in [7, 11) is 3.09. The van der Waals surface area contributed by atoms with E-state index in [1.165, 1.54) is 18.2 Å². The highest BCUT2D eigenvalue weighted by molar-refractivity contribution is 6.05. The average Bonchev–Trinajstić information content (AvgIpc) is 2.77. The molecule has 3 rings (SSSR count). The summed E-state index contributed by atoms with van der Waals surface area (Å²) >= 11 is 0. The van der Waals surface area contributed by atoms with Crippen LogP contribution in [0, 0.1) is 5.41 Å². The number of anilines is 1. The van der Waals surface area contributed by atoms with Crippen molar-refractivity contribution in [1.29, 1.82) is 0 Å². The molecule has 0 radical (unpaired) electrons. The lowest BCUT2D eigenvalue weighted by atomic mass is 9.68. The smallest absolute Gasteiger partial charge is 0.290 e. The summed E-state index contributed by atoms with van der Waals surface area (Å²) in [5.41, 5.74) is 5.76. The van der Waals surface area contributed by atoms with Gasteiger partial charge in [-0.3, -0.25) is 19.3 Å². The van der Waals surface area contributed by atoms with Gasteiger partial charge in [0.1, 0.15) is 11.3 Å². The first-order valence-electron chi connectivity index (χ1n) is 9.65. The Morgan fingerprint density at radius 2 is 1.91 bits per heavy atom. The van der Waals surface area contributed by atoms with E-state index in [1.54, 1.807) is 37.4 Å². The van der Waals surface area contributed by atoms with Crippen LogP contribution in [0.5, 0.6) is 5.75 Å². The predicted molar refractivity (Wildman–Crippen MR) is 119 cm³/mol. The summed E-state index contributed by atoms with van der Waals surface area (Å²) in [6.07, 6.45) is 1.53. The van der Waals surface area contributed by atoms with E-state index in [0.29, 0.717) is 11.4 Å². The van der Waals surface area contributed by atoms with Crippen LogP contribution in [0.1, 0.15) is 36.8 Å². The fraction of sp³-hybridized carbons (Fsp3) is 0.318. The number of amides is 2. The Bertz CT molecular complexity index is 1050. The van der Waals surface area contributed by atoms with Gasteiger partial charge in [-0.25, -0.2) is 9.98 Å². The highest BCUT2D eigenvalue weighted by Crippen LogP contribution is 2.46. The zero-order valence-electron chi connectivity index (χ0n) is 18.6. The number of nitrogens with two attached hydrogens (primary N) is 1. The maximum Gasteiger partial charge on any atom is 0.290 e. The molecule has 0 aliphatic carbocycles. The molecule has 0 unspecified atom stereocenters. The molecule has 2 amide bonds. The van der Waals surface area contributed by atoms with E-state index in [-0.39, 0.29) is 24.0 Å². The van der Waals surface area contributed by atoms with Crippen LogP contribution in [0.4, 0.5) is 5.69 Å². The third-order valence-corrected chi connectivity index (χ3v) is 5.63. The minimum Gasteiger partial charge on any atom is -0.494 e. The van der Waals surface area contributed by atoms with Crippen molar-refractivity contribution in [2.45, 2.75) is 26.3 Å². The zero-order chi connectivity index (χ0) is 24.1. The van der Waals surface area contributed by atoms with E-state index >= 15 is 0 Å². The molecule has 1 aromatic carbocycles. The second-order valence-corrected chi connectivity index (χ2v) is 7.73. The van der Waals surface area contributed by atoms with Crippen molar-refractivity contribution in [3.8, 4) is 5.75 Å². The summed E-state index contributed by atoms with van der Waals surface area (Å²) in [5.74, 6) is 0.0173. The second kappa shape index (κ2) is 9.46. The molecular formula is C22H27N5O5. The quantitative estimate of drug-likeness (QED) is 0.615. The van der Waals surface area contributed by atoms with Gasteiger partial charge >= 0.3 is 0 Å². The lowest BCUT2D eigenvalue weighted by Crippen LogP contribution is -2.58. The van der Waals surface area contributed by atoms with Gasteiger partial charge in [-0.1, -0.05) is 12.1 Å². The van der Waals surface area contributed by atoms with Crippen molar-refractivity contribution in [2.24, 2.45) is 16.1 Å². The summed E-state index contributed by atoms with van der Waals surface area (Å²) in [6, 6.07) is 10.6. The number of nitrogens with zero attached hydrogens (tertiary/aromatic N) is 3. The number of hydrogen-bond donors (Lipinski definition) is 3. The number of benzene rings is 1. The maximum atomic E-state index is 12.8. The molecule has 2 aromatic rings. The molecule has 1 aliphatic rings. The van der Waals surface area contributed by atoms with Crippen LogP contribution < -0.4 is 15.8 Å². The van der Waals surface area contributed by atoms with E-state index in [0.717, 1.165) is 5.56 Å². The normalized spacial score (nSPS) is 19.2. The molecule has 0 saturated carbocycles. The van der Waals surface area contributed by atoms with Crippen LogP contribution in [-0.4, -0.2) is 53.4 Å². The molecule has 0 bridgehead atoms. The minimum atomic E-state index is -0.899. The molecule has 0 spiro atoms. The van der Waals surface area contributed by atoms with Crippen molar-refractivity contribution >= 4 is 29.9 Å². The molecule has 1 atom stereocenters. The van der Waals surface area contributed by atoms with Gasteiger partial charge in [-0.15, -0.1) is 0 Å². The number of nitrogens with one attached hydrogen (secondary N) is 1. The van der Waals surface area contributed by atoms with Gasteiger partial charge in [0.15, 0.2) is 11.7 Å². The number of rotatable bonds is 4. The lowest BCUT2D eigenvalue weighted by Gasteiger charge is -2.46. The summed E-state index contributed by atoms with van der Waals surface area (Å²) < 4.78 is 5.20. The van der Waals surface area contributed by atoms with Crippen molar-refractivity contribution in [1.82, 2.24) is 9.88 Å². The minimum absolute atomic E-state index is 0.125. The molecule has 32 heavy (non-hydrogen) atoms. The Balaban J connectivity index is 0.00000114. The number of carboxylic acid groups (broad SMARTS) is 1. The molecule has 4 N–H and O–H groups in total. The van der Waals surface area contributed by atoms with Crippen LogP contribution in [0.25, 0.3) is 0 Å². The third-order valence-electron chi connectivity index (χ3n) is 5.63. The molecule has 0 fully saturated rings. The molecule has 170 valence electrons. The van der Waals surface area contributed by atoms with Crippen molar-refractivity contribution in [3.05, 3.63) is 53.9 Å². The molecule has 10 nitrogen and oxygen atoms in total. The van der Waals surface area contributed by atoms with Crippen molar-refractivity contribution < 1.29 is 24.2 Å². The topological polar surface area (TPSA) is 147 Å². The Hall–Kier alpha value is -3.95. The van der Waals surface area contributed by atoms with Gasteiger partial charge in [-0.05, 0) is 50.6 Å². The number of guanidine groups is 1. The highest BCUT2D eigenvalue weighted by atomic mass is 16.5. The van der Waals surface area contributed by atoms with Gasteiger partial charge in [-0.2, -0.15) is 0 Å². The number of aromatic nitrogens is 1. The number of aliphatic imine (C=N–C) groups is 1. The fourth-order valence-corrected chi connectivity index (χ4v) is 3.42. The number of carbonyl (C=O) groups excluding carboxylic acids is 2. The largest absolute Gasteiger partial charge is 0.494 e. The Morgan fingerprint density at radius 3 is 2.53 bits per heavy atom. The highest BCUT2D eigenvalue weighted by Gasteiger charge is 2.52. The maximum absolute atomic E-state index is 12.8. The number of carbonyl (C=O) groups is 3. The Labute approximate surface area is 186 Å². The van der Waals surface area contributed by atoms with E-state index in [1.807, 2.05) is 26.8 Å². The van der Waals surface area contributed by atoms with E-state index in [2.05, 4.69) is 15.3 Å². The van der Waals surface area contributed by atoms with Gasteiger partial charge in [0, 0.05) is 18.9 Å². The van der Waals surface area contributed by atoms with Crippen molar-refractivity contribution in [2.75, 3.05) is 19.5 Å². The molecule has 2 heterocycles. The number of ether oxygens (including phenoxy) is 1. The fourth-order valence-electron chi connectivity index (χ4n) is 3.42. The van der Waals surface area contributed by atoms with Crippen LogP contribution in [0.2, 0.25) is 0 Å².